The first-order valence-electron chi connectivity index (χ1n) is 7.44. The van der Waals surface area contributed by atoms with E-state index in [-0.39, 0.29) is 0 Å². The molecule has 3 heterocycles. The highest BCUT2D eigenvalue weighted by molar-refractivity contribution is 7.21. The number of nitrogens with two attached hydrogens (primary N) is 1. The first kappa shape index (κ1) is 12.1. The molecule has 0 spiro atoms. The number of aromatic nitrogens is 4. The summed E-state index contributed by atoms with van der Waals surface area (Å²) < 4.78 is 1.93. The summed E-state index contributed by atoms with van der Waals surface area (Å²) in [7, 11) is 0. The number of fused-ring (bicyclic) bond motifs is 2. The molecular formula is C14H15N5S2. The standard InChI is InChI=1S/C14H15N5S2/c15-11-10(8-3-1-2-4-9(8)20-11)13-18-19-12(7-5-6-7)16-17-14(19)21-13/h7H,1-6,15H2. The van der Waals surface area contributed by atoms with Crippen molar-refractivity contribution in [1.82, 2.24) is 19.8 Å². The molecule has 3 aromatic rings. The summed E-state index contributed by atoms with van der Waals surface area (Å²) in [6, 6.07) is 0. The average molecular weight is 317 g/mol. The quantitative estimate of drug-likeness (QED) is 0.787. The Hall–Kier alpha value is -1.47. The third-order valence-corrected chi connectivity index (χ3v) is 6.41. The van der Waals surface area contributed by atoms with Crippen LogP contribution in [0, 0.1) is 0 Å². The summed E-state index contributed by atoms with van der Waals surface area (Å²) in [5, 5.41) is 15.3. The second-order valence-corrected chi connectivity index (χ2v) is 7.98. The van der Waals surface area contributed by atoms with Crippen molar-refractivity contribution in [2.24, 2.45) is 0 Å². The van der Waals surface area contributed by atoms with Crippen LogP contribution in [0.5, 0.6) is 0 Å². The van der Waals surface area contributed by atoms with E-state index in [9.17, 15) is 0 Å². The van der Waals surface area contributed by atoms with E-state index in [0.29, 0.717) is 5.92 Å². The lowest BCUT2D eigenvalue weighted by atomic mass is 9.96. The van der Waals surface area contributed by atoms with E-state index in [4.69, 9.17) is 10.8 Å². The largest absolute Gasteiger partial charge is 0.390 e. The molecule has 2 aliphatic carbocycles. The molecule has 0 aliphatic heterocycles. The Morgan fingerprint density at radius 1 is 1.10 bits per heavy atom. The smallest absolute Gasteiger partial charge is 0.234 e. The maximum atomic E-state index is 6.29. The van der Waals surface area contributed by atoms with Gasteiger partial charge in [-0.15, -0.1) is 21.5 Å². The molecule has 7 heteroatoms. The summed E-state index contributed by atoms with van der Waals surface area (Å²) in [6.45, 7) is 0. The predicted octanol–water partition coefficient (Wildman–Crippen LogP) is 3.25. The van der Waals surface area contributed by atoms with Crippen LogP contribution in [0.4, 0.5) is 5.00 Å². The van der Waals surface area contributed by atoms with Crippen LogP contribution in [-0.2, 0) is 12.8 Å². The number of anilines is 1. The minimum atomic E-state index is 0.559. The molecule has 0 saturated heterocycles. The summed E-state index contributed by atoms with van der Waals surface area (Å²) in [5.74, 6) is 1.58. The molecule has 108 valence electrons. The van der Waals surface area contributed by atoms with Gasteiger partial charge in [-0.1, -0.05) is 11.3 Å². The van der Waals surface area contributed by atoms with Crippen molar-refractivity contribution in [2.75, 3.05) is 5.73 Å². The Balaban J connectivity index is 1.68. The van der Waals surface area contributed by atoms with E-state index in [1.807, 2.05) is 4.52 Å². The van der Waals surface area contributed by atoms with Crippen LogP contribution < -0.4 is 5.73 Å². The van der Waals surface area contributed by atoms with Gasteiger partial charge < -0.3 is 5.73 Å². The minimum absolute atomic E-state index is 0.559. The van der Waals surface area contributed by atoms with E-state index in [0.717, 1.165) is 27.2 Å². The van der Waals surface area contributed by atoms with Gasteiger partial charge in [-0.05, 0) is 44.1 Å². The zero-order valence-electron chi connectivity index (χ0n) is 11.5. The van der Waals surface area contributed by atoms with Gasteiger partial charge in [-0.3, -0.25) is 0 Å². The molecule has 0 atom stereocenters. The Morgan fingerprint density at radius 2 is 1.95 bits per heavy atom. The first-order chi connectivity index (χ1) is 10.3. The van der Waals surface area contributed by atoms with E-state index in [1.165, 1.54) is 48.1 Å². The maximum Gasteiger partial charge on any atom is 0.234 e. The molecule has 5 nitrogen and oxygen atoms in total. The van der Waals surface area contributed by atoms with Gasteiger partial charge in [0.1, 0.15) is 0 Å². The van der Waals surface area contributed by atoms with Crippen LogP contribution in [0.1, 0.15) is 47.9 Å². The van der Waals surface area contributed by atoms with Gasteiger partial charge in [0.05, 0.1) is 10.6 Å². The Bertz CT molecular complexity index is 839. The number of nitrogens with zero attached hydrogens (tertiary/aromatic N) is 4. The third kappa shape index (κ3) is 1.77. The van der Waals surface area contributed by atoms with Crippen molar-refractivity contribution < 1.29 is 0 Å². The number of rotatable bonds is 2. The van der Waals surface area contributed by atoms with E-state index < -0.39 is 0 Å². The van der Waals surface area contributed by atoms with Gasteiger partial charge in [0.2, 0.25) is 4.96 Å². The van der Waals surface area contributed by atoms with Gasteiger partial charge in [-0.25, -0.2) is 0 Å². The zero-order chi connectivity index (χ0) is 14.0. The van der Waals surface area contributed by atoms with Crippen LogP contribution in [0.3, 0.4) is 0 Å². The number of aryl methyl sites for hydroxylation is 1. The Kier molecular flexibility index (Phi) is 2.46. The lowest BCUT2D eigenvalue weighted by Gasteiger charge is -2.11. The van der Waals surface area contributed by atoms with E-state index >= 15 is 0 Å². The predicted molar refractivity (Wildman–Crippen MR) is 85.0 cm³/mol. The SMILES string of the molecule is Nc1sc2c(c1-c1nn3c(C4CC4)nnc3s1)CCCC2. The lowest BCUT2D eigenvalue weighted by Crippen LogP contribution is -2.00. The minimum Gasteiger partial charge on any atom is -0.390 e. The van der Waals surface area contributed by atoms with Crippen LogP contribution in [-0.4, -0.2) is 19.8 Å². The summed E-state index contributed by atoms with van der Waals surface area (Å²) in [5.41, 5.74) is 8.90. The summed E-state index contributed by atoms with van der Waals surface area (Å²) in [6.07, 6.45) is 7.26. The Morgan fingerprint density at radius 3 is 2.81 bits per heavy atom. The fourth-order valence-corrected chi connectivity index (χ4v) is 5.31. The highest BCUT2D eigenvalue weighted by Gasteiger charge is 2.31. The number of nitrogen functional groups attached to an aromatic ring is 1. The second-order valence-electron chi connectivity index (χ2n) is 5.88. The van der Waals surface area contributed by atoms with E-state index in [1.54, 1.807) is 22.7 Å². The molecule has 1 fully saturated rings. The van der Waals surface area contributed by atoms with Gasteiger partial charge in [0.25, 0.3) is 0 Å². The fraction of sp³-hybridized carbons (Fsp3) is 0.500. The maximum absolute atomic E-state index is 6.29. The van der Waals surface area contributed by atoms with Crippen molar-refractivity contribution in [3.05, 3.63) is 16.3 Å². The molecule has 0 bridgehead atoms. The molecule has 0 aromatic carbocycles. The van der Waals surface area contributed by atoms with Crippen molar-refractivity contribution in [3.8, 4) is 10.6 Å². The molecule has 0 unspecified atom stereocenters. The average Bonchev–Trinajstić information content (AvgIpc) is 2.98. The number of hydrogen-bond acceptors (Lipinski definition) is 6. The molecule has 0 amide bonds. The Labute approximate surface area is 129 Å². The molecule has 1 saturated carbocycles. The second kappa shape index (κ2) is 4.27. The lowest BCUT2D eigenvalue weighted by molar-refractivity contribution is 0.698. The van der Waals surface area contributed by atoms with Crippen LogP contribution in [0.2, 0.25) is 0 Å². The molecular weight excluding hydrogens is 302 g/mol. The van der Waals surface area contributed by atoms with Crippen molar-refractivity contribution in [1.29, 1.82) is 0 Å². The molecule has 2 N–H and O–H groups in total. The van der Waals surface area contributed by atoms with Crippen LogP contribution in [0.25, 0.3) is 15.5 Å². The molecule has 5 rings (SSSR count). The highest BCUT2D eigenvalue weighted by Crippen LogP contribution is 2.44. The first-order valence-corrected chi connectivity index (χ1v) is 9.07. The molecule has 21 heavy (non-hydrogen) atoms. The highest BCUT2D eigenvalue weighted by atomic mass is 32.1. The summed E-state index contributed by atoms with van der Waals surface area (Å²) >= 11 is 3.36. The third-order valence-electron chi connectivity index (χ3n) is 4.37. The van der Waals surface area contributed by atoms with Crippen LogP contribution >= 0.6 is 22.7 Å². The van der Waals surface area contributed by atoms with Gasteiger partial charge in [0.15, 0.2) is 10.8 Å². The van der Waals surface area contributed by atoms with Gasteiger partial charge >= 0.3 is 0 Å². The van der Waals surface area contributed by atoms with Crippen molar-refractivity contribution >= 4 is 32.6 Å². The van der Waals surface area contributed by atoms with Gasteiger partial charge in [0, 0.05) is 10.8 Å². The molecule has 3 aromatic heterocycles. The number of thiophene rings is 1. The number of hydrogen-bond donors (Lipinski definition) is 1. The topological polar surface area (TPSA) is 69.1 Å². The summed E-state index contributed by atoms with van der Waals surface area (Å²) in [4.78, 5) is 2.35. The van der Waals surface area contributed by atoms with Crippen LogP contribution in [0.15, 0.2) is 0 Å². The molecule has 0 radical (unpaired) electrons. The zero-order valence-corrected chi connectivity index (χ0v) is 13.1. The normalized spacial score (nSPS) is 18.3. The molecule has 2 aliphatic rings. The van der Waals surface area contributed by atoms with Crippen molar-refractivity contribution in [3.63, 3.8) is 0 Å². The van der Waals surface area contributed by atoms with E-state index in [2.05, 4.69) is 10.2 Å². The monoisotopic (exact) mass is 317 g/mol. The van der Waals surface area contributed by atoms with Gasteiger partial charge in [-0.2, -0.15) is 9.61 Å². The fourth-order valence-electron chi connectivity index (χ4n) is 3.15. The van der Waals surface area contributed by atoms with Crippen molar-refractivity contribution in [2.45, 2.75) is 44.4 Å².